The maximum atomic E-state index is 10.6. The van der Waals surface area contributed by atoms with Gasteiger partial charge in [0.1, 0.15) is 0 Å². The number of hydrogen-bond donors (Lipinski definition) is 2. The topological polar surface area (TPSA) is 76.8 Å². The molecule has 0 bridgehead atoms. The lowest BCUT2D eigenvalue weighted by Gasteiger charge is -2.13. The van der Waals surface area contributed by atoms with Crippen LogP contribution in [0, 0.1) is 0 Å². The number of rotatable bonds is 9. The first-order valence-electron chi connectivity index (χ1n) is 4.99. The monoisotopic (exact) mass is 219 g/mol. The molecule has 0 aromatic heterocycles. The molecule has 2 amide bonds. The Morgan fingerprint density at radius 3 is 2.40 bits per heavy atom. The first kappa shape index (κ1) is 14.2. The van der Waals surface area contributed by atoms with Crippen molar-refractivity contribution < 1.29 is 14.3 Å². The fraction of sp³-hybridized carbons (Fsp3) is 0.889. The molecule has 0 unspecified atom stereocenters. The minimum atomic E-state index is -0.441. The molecule has 3 N–H and O–H groups in total. The van der Waals surface area contributed by atoms with Crippen LogP contribution in [0.15, 0.2) is 0 Å². The number of nitrogens with zero attached hydrogens (tertiary/aromatic N) is 1. The second-order valence-electron chi connectivity index (χ2n) is 3.09. The minimum absolute atomic E-state index is 0.441. The van der Waals surface area contributed by atoms with Crippen LogP contribution in [0.3, 0.4) is 0 Å². The number of amides is 2. The van der Waals surface area contributed by atoms with Gasteiger partial charge < -0.3 is 25.4 Å². The molecule has 0 saturated carbocycles. The van der Waals surface area contributed by atoms with Crippen LogP contribution in [-0.2, 0) is 9.47 Å². The predicted octanol–water partition coefficient (Wildman–Crippen LogP) is -0.750. The quantitative estimate of drug-likeness (QED) is 0.500. The van der Waals surface area contributed by atoms with E-state index in [-0.39, 0.29) is 0 Å². The van der Waals surface area contributed by atoms with Gasteiger partial charge in [0.15, 0.2) is 0 Å². The molecule has 0 spiro atoms. The van der Waals surface area contributed by atoms with Crippen LogP contribution in [-0.4, -0.2) is 64.5 Å². The zero-order valence-corrected chi connectivity index (χ0v) is 9.49. The average molecular weight is 219 g/mol. The van der Waals surface area contributed by atoms with Crippen molar-refractivity contribution in [1.82, 2.24) is 10.2 Å². The summed E-state index contributed by atoms with van der Waals surface area (Å²) in [7, 11) is 3.51. The van der Waals surface area contributed by atoms with Crippen LogP contribution in [0.2, 0.25) is 0 Å². The highest BCUT2D eigenvalue weighted by Gasteiger charge is 2.01. The van der Waals surface area contributed by atoms with E-state index < -0.39 is 6.03 Å². The van der Waals surface area contributed by atoms with E-state index in [0.29, 0.717) is 33.0 Å². The molecule has 0 saturated heterocycles. The maximum Gasteiger partial charge on any atom is 0.314 e. The molecule has 0 fully saturated rings. The Kier molecular flexibility index (Phi) is 9.15. The molecule has 0 radical (unpaired) electrons. The molecule has 90 valence electrons. The van der Waals surface area contributed by atoms with Gasteiger partial charge in [-0.25, -0.2) is 4.79 Å². The third kappa shape index (κ3) is 9.45. The summed E-state index contributed by atoms with van der Waals surface area (Å²) < 4.78 is 10.5. The summed E-state index contributed by atoms with van der Waals surface area (Å²) in [5.74, 6) is 0. The van der Waals surface area contributed by atoms with E-state index in [2.05, 4.69) is 5.32 Å². The smallest absolute Gasteiger partial charge is 0.314 e. The van der Waals surface area contributed by atoms with Crippen molar-refractivity contribution in [2.75, 3.05) is 53.6 Å². The van der Waals surface area contributed by atoms with E-state index >= 15 is 0 Å². The van der Waals surface area contributed by atoms with Crippen molar-refractivity contribution in [3.8, 4) is 0 Å². The van der Waals surface area contributed by atoms with Crippen LogP contribution < -0.4 is 11.1 Å². The summed E-state index contributed by atoms with van der Waals surface area (Å²) >= 11 is 0. The number of ether oxygens (including phenoxy) is 2. The molecule has 0 aliphatic rings. The van der Waals surface area contributed by atoms with Crippen molar-refractivity contribution in [1.29, 1.82) is 0 Å². The van der Waals surface area contributed by atoms with Crippen molar-refractivity contribution in [3.05, 3.63) is 0 Å². The maximum absolute atomic E-state index is 10.6. The Balaban J connectivity index is 3.08. The van der Waals surface area contributed by atoms with Gasteiger partial charge in [-0.05, 0) is 7.05 Å². The number of hydrogen-bond acceptors (Lipinski definition) is 4. The third-order valence-electron chi connectivity index (χ3n) is 1.82. The van der Waals surface area contributed by atoms with Crippen molar-refractivity contribution in [2.45, 2.75) is 0 Å². The van der Waals surface area contributed by atoms with Crippen LogP contribution in [0.25, 0.3) is 0 Å². The number of primary amides is 1. The van der Waals surface area contributed by atoms with E-state index in [0.717, 1.165) is 6.54 Å². The van der Waals surface area contributed by atoms with Crippen LogP contribution >= 0.6 is 0 Å². The molecule has 0 aromatic carbocycles. The van der Waals surface area contributed by atoms with Gasteiger partial charge in [-0.3, -0.25) is 0 Å². The largest absolute Gasteiger partial charge is 0.378 e. The Morgan fingerprint density at radius 2 is 1.87 bits per heavy atom. The lowest BCUT2D eigenvalue weighted by Crippen LogP contribution is -2.34. The molecule has 6 nitrogen and oxygen atoms in total. The van der Waals surface area contributed by atoms with Crippen LogP contribution in [0.1, 0.15) is 0 Å². The van der Waals surface area contributed by atoms with E-state index in [4.69, 9.17) is 15.2 Å². The number of nitrogens with two attached hydrogens (primary N) is 1. The Morgan fingerprint density at radius 1 is 1.27 bits per heavy atom. The van der Waals surface area contributed by atoms with E-state index in [1.54, 1.807) is 7.05 Å². The van der Waals surface area contributed by atoms with Gasteiger partial charge in [0.25, 0.3) is 0 Å². The zero-order chi connectivity index (χ0) is 11.5. The van der Waals surface area contributed by atoms with Crippen molar-refractivity contribution >= 4 is 6.03 Å². The number of likely N-dealkylation sites (N-methyl/N-ethyl adjacent to an activating group) is 2. The van der Waals surface area contributed by atoms with E-state index in [9.17, 15) is 4.79 Å². The highest BCUT2D eigenvalue weighted by molar-refractivity contribution is 5.71. The van der Waals surface area contributed by atoms with Gasteiger partial charge in [0.2, 0.25) is 0 Å². The number of urea groups is 1. The third-order valence-corrected chi connectivity index (χ3v) is 1.82. The lowest BCUT2D eigenvalue weighted by atomic mass is 10.6. The predicted molar refractivity (Wildman–Crippen MR) is 57.8 cm³/mol. The Bertz CT molecular complexity index is 167. The molecule has 15 heavy (non-hydrogen) atoms. The highest BCUT2D eigenvalue weighted by atomic mass is 16.5. The molecule has 0 atom stereocenters. The summed E-state index contributed by atoms with van der Waals surface area (Å²) in [5, 5.41) is 2.97. The lowest BCUT2D eigenvalue weighted by molar-refractivity contribution is 0.0449. The zero-order valence-electron chi connectivity index (χ0n) is 9.49. The van der Waals surface area contributed by atoms with Gasteiger partial charge >= 0.3 is 6.03 Å². The van der Waals surface area contributed by atoms with Crippen molar-refractivity contribution in [2.24, 2.45) is 5.73 Å². The summed E-state index contributed by atoms with van der Waals surface area (Å²) in [4.78, 5) is 12.0. The second-order valence-corrected chi connectivity index (χ2v) is 3.09. The van der Waals surface area contributed by atoms with Gasteiger partial charge in [0.05, 0.1) is 26.4 Å². The highest BCUT2D eigenvalue weighted by Crippen LogP contribution is 1.83. The molecule has 0 heterocycles. The SMILES string of the molecule is CNCCOCCOCCN(C)C(N)=O. The average Bonchev–Trinajstić information content (AvgIpc) is 2.21. The second kappa shape index (κ2) is 9.70. The van der Waals surface area contributed by atoms with Gasteiger partial charge in [-0.2, -0.15) is 0 Å². The molecular formula is C9H21N3O3. The number of nitrogens with one attached hydrogen (secondary N) is 1. The molecular weight excluding hydrogens is 198 g/mol. The normalized spacial score (nSPS) is 10.3. The van der Waals surface area contributed by atoms with Gasteiger partial charge in [-0.15, -0.1) is 0 Å². The molecule has 6 heteroatoms. The first-order valence-corrected chi connectivity index (χ1v) is 4.99. The summed E-state index contributed by atoms with van der Waals surface area (Å²) in [6.07, 6.45) is 0. The fourth-order valence-electron chi connectivity index (χ4n) is 0.808. The molecule has 0 aromatic rings. The Hall–Kier alpha value is -0.850. The number of carbonyl (C=O) groups excluding carboxylic acids is 1. The van der Waals surface area contributed by atoms with E-state index in [1.807, 2.05) is 7.05 Å². The standard InChI is InChI=1S/C9H21N3O3/c1-11-3-5-14-7-8-15-6-4-12(2)9(10)13/h11H,3-8H2,1-2H3,(H2,10,13). The van der Waals surface area contributed by atoms with Gasteiger partial charge in [0, 0.05) is 20.1 Å². The summed E-state index contributed by atoms with van der Waals surface area (Å²) in [6.45, 7) is 3.62. The van der Waals surface area contributed by atoms with E-state index in [1.165, 1.54) is 4.90 Å². The fourth-order valence-corrected chi connectivity index (χ4v) is 0.808. The molecule has 0 aliphatic heterocycles. The summed E-state index contributed by atoms with van der Waals surface area (Å²) in [5.41, 5.74) is 5.03. The summed E-state index contributed by atoms with van der Waals surface area (Å²) in [6, 6.07) is -0.441. The molecule has 0 aliphatic carbocycles. The first-order chi connectivity index (χ1) is 7.18. The van der Waals surface area contributed by atoms with Crippen molar-refractivity contribution in [3.63, 3.8) is 0 Å². The Labute approximate surface area is 90.7 Å². The minimum Gasteiger partial charge on any atom is -0.378 e. The van der Waals surface area contributed by atoms with Gasteiger partial charge in [-0.1, -0.05) is 0 Å². The van der Waals surface area contributed by atoms with Crippen LogP contribution in [0.4, 0.5) is 4.79 Å². The van der Waals surface area contributed by atoms with Crippen LogP contribution in [0.5, 0.6) is 0 Å². The number of carbonyl (C=O) groups is 1. The molecule has 0 rings (SSSR count).